The Labute approximate surface area is 102 Å². The quantitative estimate of drug-likeness (QED) is 0.779. The van der Waals surface area contributed by atoms with Gasteiger partial charge in [-0.2, -0.15) is 0 Å². The SMILES string of the molecule is CN(CCN(C)C(=O)OC(C)(C)C)CC(=O)O. The Hall–Kier alpha value is -1.30. The Morgan fingerprint density at radius 1 is 1.18 bits per heavy atom. The van der Waals surface area contributed by atoms with Crippen molar-refractivity contribution in [2.24, 2.45) is 0 Å². The number of carbonyl (C=O) groups is 2. The summed E-state index contributed by atoms with van der Waals surface area (Å²) in [5.41, 5.74) is -0.516. The minimum absolute atomic E-state index is 0.0395. The van der Waals surface area contributed by atoms with E-state index < -0.39 is 17.7 Å². The molecule has 0 aliphatic carbocycles. The topological polar surface area (TPSA) is 70.1 Å². The van der Waals surface area contributed by atoms with Gasteiger partial charge in [0.2, 0.25) is 0 Å². The number of carbonyl (C=O) groups excluding carboxylic acids is 1. The number of rotatable bonds is 5. The normalized spacial score (nSPS) is 11.4. The Kier molecular flexibility index (Phi) is 5.95. The largest absolute Gasteiger partial charge is 0.480 e. The van der Waals surface area contributed by atoms with Gasteiger partial charge in [0.1, 0.15) is 5.60 Å². The lowest BCUT2D eigenvalue weighted by molar-refractivity contribution is -0.137. The van der Waals surface area contributed by atoms with Crippen molar-refractivity contribution in [2.75, 3.05) is 33.7 Å². The van der Waals surface area contributed by atoms with E-state index in [-0.39, 0.29) is 6.54 Å². The summed E-state index contributed by atoms with van der Waals surface area (Å²) in [6.45, 7) is 6.28. The molecular weight excluding hydrogens is 224 g/mol. The van der Waals surface area contributed by atoms with Crippen LogP contribution in [0.3, 0.4) is 0 Å². The highest BCUT2D eigenvalue weighted by Gasteiger charge is 2.19. The molecule has 0 aliphatic rings. The molecule has 0 aromatic heterocycles. The molecule has 1 N–H and O–H groups in total. The predicted molar refractivity (Wildman–Crippen MR) is 64.0 cm³/mol. The summed E-state index contributed by atoms with van der Waals surface area (Å²) in [4.78, 5) is 25.1. The van der Waals surface area contributed by atoms with Gasteiger partial charge in [0.05, 0.1) is 6.54 Å². The number of aliphatic carboxylic acids is 1. The predicted octanol–water partition coefficient (Wildman–Crippen LogP) is 0.870. The molecule has 0 atom stereocenters. The summed E-state index contributed by atoms with van der Waals surface area (Å²) >= 11 is 0. The van der Waals surface area contributed by atoms with Crippen LogP contribution in [-0.2, 0) is 9.53 Å². The number of hydrogen-bond acceptors (Lipinski definition) is 4. The molecule has 1 amide bonds. The van der Waals surface area contributed by atoms with Crippen LogP contribution < -0.4 is 0 Å². The average molecular weight is 246 g/mol. The molecule has 0 spiro atoms. The van der Waals surface area contributed by atoms with E-state index in [1.165, 1.54) is 4.90 Å². The van der Waals surface area contributed by atoms with Gasteiger partial charge in [0, 0.05) is 20.1 Å². The zero-order chi connectivity index (χ0) is 13.6. The van der Waals surface area contributed by atoms with Crippen molar-refractivity contribution in [3.8, 4) is 0 Å². The number of amides is 1. The maximum Gasteiger partial charge on any atom is 0.410 e. The van der Waals surface area contributed by atoms with Crippen LogP contribution in [0.5, 0.6) is 0 Å². The summed E-state index contributed by atoms with van der Waals surface area (Å²) in [6.07, 6.45) is -0.402. The average Bonchev–Trinajstić information content (AvgIpc) is 2.10. The Balaban J connectivity index is 3.97. The third-order valence-electron chi connectivity index (χ3n) is 1.93. The molecule has 0 heterocycles. The molecule has 0 saturated carbocycles. The number of hydrogen-bond donors (Lipinski definition) is 1. The smallest absolute Gasteiger partial charge is 0.410 e. The number of ether oxygens (including phenoxy) is 1. The third-order valence-corrected chi connectivity index (χ3v) is 1.93. The maximum absolute atomic E-state index is 11.6. The summed E-state index contributed by atoms with van der Waals surface area (Å²) in [7, 11) is 3.32. The van der Waals surface area contributed by atoms with Crippen molar-refractivity contribution in [1.82, 2.24) is 9.80 Å². The molecule has 0 unspecified atom stereocenters. The van der Waals surface area contributed by atoms with Crippen molar-refractivity contribution >= 4 is 12.1 Å². The first-order valence-corrected chi connectivity index (χ1v) is 5.46. The van der Waals surface area contributed by atoms with E-state index in [4.69, 9.17) is 9.84 Å². The molecule has 0 fully saturated rings. The summed E-state index contributed by atoms with van der Waals surface area (Å²) in [5, 5.41) is 8.56. The van der Waals surface area contributed by atoms with Gasteiger partial charge in [0.15, 0.2) is 0 Å². The Morgan fingerprint density at radius 3 is 2.12 bits per heavy atom. The van der Waals surface area contributed by atoms with E-state index in [2.05, 4.69) is 0 Å². The first-order valence-electron chi connectivity index (χ1n) is 5.46. The molecule has 0 saturated heterocycles. The second kappa shape index (κ2) is 6.44. The van der Waals surface area contributed by atoms with Gasteiger partial charge in [-0.25, -0.2) is 4.79 Å². The van der Waals surface area contributed by atoms with E-state index in [0.29, 0.717) is 13.1 Å². The standard InChI is InChI=1S/C11H22N2O4/c1-11(2,3)17-10(16)13(5)7-6-12(4)8-9(14)15/h6-8H2,1-5H3,(H,14,15). The first-order chi connectivity index (χ1) is 7.61. The van der Waals surface area contributed by atoms with Crippen molar-refractivity contribution in [2.45, 2.75) is 26.4 Å². The van der Waals surface area contributed by atoms with Crippen molar-refractivity contribution in [1.29, 1.82) is 0 Å². The lowest BCUT2D eigenvalue weighted by atomic mass is 10.2. The second-order valence-corrected chi connectivity index (χ2v) is 5.03. The molecule has 100 valence electrons. The summed E-state index contributed by atoms with van der Waals surface area (Å²) in [6, 6.07) is 0. The highest BCUT2D eigenvalue weighted by Crippen LogP contribution is 2.08. The molecule has 0 aromatic carbocycles. The summed E-state index contributed by atoms with van der Waals surface area (Å²) < 4.78 is 5.17. The molecule has 0 bridgehead atoms. The second-order valence-electron chi connectivity index (χ2n) is 5.03. The van der Waals surface area contributed by atoms with Crippen LogP contribution in [-0.4, -0.2) is 66.3 Å². The minimum atomic E-state index is -0.882. The molecule has 0 rings (SSSR count). The highest BCUT2D eigenvalue weighted by atomic mass is 16.6. The molecule has 0 aliphatic heterocycles. The van der Waals surface area contributed by atoms with E-state index in [1.807, 2.05) is 0 Å². The van der Waals surface area contributed by atoms with Gasteiger partial charge in [-0.15, -0.1) is 0 Å². The van der Waals surface area contributed by atoms with Gasteiger partial charge in [-0.1, -0.05) is 0 Å². The summed E-state index contributed by atoms with van der Waals surface area (Å²) in [5.74, 6) is -0.882. The molecule has 6 nitrogen and oxygen atoms in total. The van der Waals surface area contributed by atoms with Crippen LogP contribution in [0.2, 0.25) is 0 Å². The van der Waals surface area contributed by atoms with Crippen LogP contribution in [0.4, 0.5) is 4.79 Å². The number of likely N-dealkylation sites (N-methyl/N-ethyl adjacent to an activating group) is 2. The van der Waals surface area contributed by atoms with E-state index in [1.54, 1.807) is 39.8 Å². The Bertz CT molecular complexity index is 273. The van der Waals surface area contributed by atoms with Crippen molar-refractivity contribution in [3.05, 3.63) is 0 Å². The molecule has 0 radical (unpaired) electrons. The van der Waals surface area contributed by atoms with Crippen LogP contribution in [0.15, 0.2) is 0 Å². The van der Waals surface area contributed by atoms with Crippen LogP contribution in [0.25, 0.3) is 0 Å². The fraction of sp³-hybridized carbons (Fsp3) is 0.818. The van der Waals surface area contributed by atoms with Crippen molar-refractivity contribution < 1.29 is 19.4 Å². The monoisotopic (exact) mass is 246 g/mol. The van der Waals surface area contributed by atoms with E-state index >= 15 is 0 Å². The molecular formula is C11H22N2O4. The maximum atomic E-state index is 11.6. The van der Waals surface area contributed by atoms with E-state index in [0.717, 1.165) is 0 Å². The van der Waals surface area contributed by atoms with Gasteiger partial charge < -0.3 is 14.7 Å². The van der Waals surface area contributed by atoms with Gasteiger partial charge >= 0.3 is 12.1 Å². The molecule has 6 heteroatoms. The zero-order valence-corrected chi connectivity index (χ0v) is 11.2. The van der Waals surface area contributed by atoms with Gasteiger partial charge in [0.25, 0.3) is 0 Å². The highest BCUT2D eigenvalue weighted by molar-refractivity contribution is 5.69. The lowest BCUT2D eigenvalue weighted by Gasteiger charge is -2.25. The van der Waals surface area contributed by atoms with Crippen molar-refractivity contribution in [3.63, 3.8) is 0 Å². The fourth-order valence-corrected chi connectivity index (χ4v) is 1.06. The first kappa shape index (κ1) is 15.7. The molecule has 0 aromatic rings. The Morgan fingerprint density at radius 2 is 1.71 bits per heavy atom. The van der Waals surface area contributed by atoms with Crippen LogP contribution in [0, 0.1) is 0 Å². The lowest BCUT2D eigenvalue weighted by Crippen LogP contribution is -2.39. The minimum Gasteiger partial charge on any atom is -0.480 e. The number of carboxylic acids is 1. The van der Waals surface area contributed by atoms with Gasteiger partial charge in [-0.3, -0.25) is 9.69 Å². The van der Waals surface area contributed by atoms with Crippen LogP contribution >= 0.6 is 0 Å². The molecule has 17 heavy (non-hydrogen) atoms. The fourth-order valence-electron chi connectivity index (χ4n) is 1.06. The number of carboxylic acid groups (broad SMARTS) is 1. The van der Waals surface area contributed by atoms with Gasteiger partial charge in [-0.05, 0) is 27.8 Å². The van der Waals surface area contributed by atoms with E-state index in [9.17, 15) is 9.59 Å². The third kappa shape index (κ3) is 8.50. The zero-order valence-electron chi connectivity index (χ0n) is 11.2. The number of nitrogens with zero attached hydrogens (tertiary/aromatic N) is 2. The van der Waals surface area contributed by atoms with Crippen LogP contribution in [0.1, 0.15) is 20.8 Å².